The van der Waals surface area contributed by atoms with Crippen molar-refractivity contribution in [1.29, 1.82) is 0 Å². The molecule has 1 amide bonds. The summed E-state index contributed by atoms with van der Waals surface area (Å²) >= 11 is 0. The van der Waals surface area contributed by atoms with Crippen LogP contribution in [0.3, 0.4) is 0 Å². The molecule has 3 aromatic rings. The van der Waals surface area contributed by atoms with Gasteiger partial charge in [-0.25, -0.2) is 13.2 Å². The van der Waals surface area contributed by atoms with Crippen LogP contribution in [0.2, 0.25) is 0 Å². The summed E-state index contributed by atoms with van der Waals surface area (Å²) in [6.07, 6.45) is 2.63. The average molecular weight is 596 g/mol. The Kier molecular flexibility index (Phi) is 8.40. The van der Waals surface area contributed by atoms with Gasteiger partial charge in [-0.1, -0.05) is 31.0 Å². The summed E-state index contributed by atoms with van der Waals surface area (Å²) in [5, 5.41) is 17.0. The van der Waals surface area contributed by atoms with Gasteiger partial charge in [-0.2, -0.15) is 14.1 Å². The first-order chi connectivity index (χ1) is 20.0. The lowest BCUT2D eigenvalue weighted by atomic mass is 9.85. The Bertz CT molecular complexity index is 1620. The fraction of sp³-hybridized carbons (Fsp3) is 0.433. The molecule has 0 unspecified atom stereocenters. The largest absolute Gasteiger partial charge is 0.476 e. The van der Waals surface area contributed by atoms with Crippen molar-refractivity contribution in [3.8, 4) is 17.3 Å². The molecule has 0 radical (unpaired) electrons. The van der Waals surface area contributed by atoms with Crippen LogP contribution in [0.4, 0.5) is 5.69 Å². The van der Waals surface area contributed by atoms with Gasteiger partial charge < -0.3 is 20.1 Å². The van der Waals surface area contributed by atoms with Crippen LogP contribution in [0.25, 0.3) is 5.69 Å². The summed E-state index contributed by atoms with van der Waals surface area (Å²) in [5.74, 6) is -1.33. The molecule has 2 N–H and O–H groups in total. The highest BCUT2D eigenvalue weighted by atomic mass is 32.2. The molecule has 5 rings (SSSR count). The molecule has 0 spiro atoms. The van der Waals surface area contributed by atoms with E-state index in [1.165, 1.54) is 21.1 Å². The number of nitrogens with one attached hydrogen (secondary N) is 1. The number of benzene rings is 2. The molecular formula is C30H37N5O6S. The zero-order valence-electron chi connectivity index (χ0n) is 24.4. The predicted octanol–water partition coefficient (Wildman–Crippen LogP) is 4.35. The van der Waals surface area contributed by atoms with Crippen molar-refractivity contribution in [3.63, 3.8) is 0 Å². The molecule has 42 heavy (non-hydrogen) atoms. The van der Waals surface area contributed by atoms with E-state index in [0.717, 1.165) is 36.9 Å². The van der Waals surface area contributed by atoms with E-state index in [2.05, 4.69) is 15.3 Å². The first-order valence-corrected chi connectivity index (χ1v) is 15.7. The summed E-state index contributed by atoms with van der Waals surface area (Å²) in [4.78, 5) is 26.8. The summed E-state index contributed by atoms with van der Waals surface area (Å²) in [6.45, 7) is 10.1. The summed E-state index contributed by atoms with van der Waals surface area (Å²) in [6, 6.07) is 10.2. The average Bonchev–Trinajstić information content (AvgIpc) is 3.24. The number of hydrogen-bond acceptors (Lipinski definition) is 7. The van der Waals surface area contributed by atoms with Gasteiger partial charge in [0.15, 0.2) is 5.69 Å². The molecule has 2 fully saturated rings. The zero-order valence-corrected chi connectivity index (χ0v) is 25.2. The van der Waals surface area contributed by atoms with Crippen molar-refractivity contribution in [1.82, 2.24) is 19.0 Å². The number of piperazine rings is 1. The normalized spacial score (nSPS) is 16.7. The number of amides is 1. The van der Waals surface area contributed by atoms with E-state index >= 15 is 0 Å². The number of carbonyl (C=O) groups is 2. The number of carbonyl (C=O) groups excluding carboxylic acids is 1. The van der Waals surface area contributed by atoms with Crippen molar-refractivity contribution in [2.45, 2.75) is 51.9 Å². The maximum atomic E-state index is 14.1. The second-order valence-corrected chi connectivity index (χ2v) is 12.9. The lowest BCUT2D eigenvalue weighted by Crippen LogP contribution is -2.48. The first-order valence-electron chi connectivity index (χ1n) is 14.3. The van der Waals surface area contributed by atoms with E-state index in [1.807, 2.05) is 39.0 Å². The molecule has 1 aromatic heterocycles. The van der Waals surface area contributed by atoms with Gasteiger partial charge in [-0.15, -0.1) is 0 Å². The minimum Gasteiger partial charge on any atom is -0.476 e. The summed E-state index contributed by atoms with van der Waals surface area (Å²) in [7, 11) is -4.04. The number of aromatic nitrogens is 2. The summed E-state index contributed by atoms with van der Waals surface area (Å²) < 4.78 is 37.3. The van der Waals surface area contributed by atoms with Crippen LogP contribution in [-0.2, 0) is 14.8 Å². The molecule has 11 nitrogen and oxygen atoms in total. The van der Waals surface area contributed by atoms with E-state index in [1.54, 1.807) is 13.0 Å². The van der Waals surface area contributed by atoms with Gasteiger partial charge in [-0.3, -0.25) is 4.79 Å². The number of aryl methyl sites for hydroxylation is 2. The Morgan fingerprint density at radius 3 is 2.36 bits per heavy atom. The molecule has 1 saturated heterocycles. The van der Waals surface area contributed by atoms with Crippen LogP contribution in [0.15, 0.2) is 41.3 Å². The topological polar surface area (TPSA) is 134 Å². The Labute approximate surface area is 246 Å². The molecule has 2 aliphatic rings. The Morgan fingerprint density at radius 2 is 1.76 bits per heavy atom. The van der Waals surface area contributed by atoms with Gasteiger partial charge in [-0.05, 0) is 70.0 Å². The van der Waals surface area contributed by atoms with Crippen LogP contribution < -0.4 is 10.1 Å². The van der Waals surface area contributed by atoms with E-state index < -0.39 is 16.0 Å². The van der Waals surface area contributed by atoms with Gasteiger partial charge in [0.25, 0.3) is 0 Å². The van der Waals surface area contributed by atoms with Crippen LogP contribution in [0, 0.1) is 26.7 Å². The van der Waals surface area contributed by atoms with Crippen molar-refractivity contribution in [2.75, 3.05) is 38.0 Å². The third-order valence-electron chi connectivity index (χ3n) is 8.14. The molecule has 1 saturated carbocycles. The molecule has 1 aliphatic carbocycles. The number of ether oxygens (including phenoxy) is 1. The number of hydrogen-bond donors (Lipinski definition) is 2. The highest BCUT2D eigenvalue weighted by Gasteiger charge is 2.33. The van der Waals surface area contributed by atoms with Crippen molar-refractivity contribution in [3.05, 3.63) is 58.8 Å². The van der Waals surface area contributed by atoms with Crippen molar-refractivity contribution < 1.29 is 27.9 Å². The fourth-order valence-electron chi connectivity index (χ4n) is 5.33. The van der Waals surface area contributed by atoms with Gasteiger partial charge in [0, 0.05) is 43.3 Å². The molecular weight excluding hydrogens is 558 g/mol. The number of carboxylic acids is 1. The number of carboxylic acid groups (broad SMARTS) is 1. The number of likely N-dealkylation sites (N-methyl/N-ethyl adjacent to an activating group) is 1. The van der Waals surface area contributed by atoms with E-state index in [-0.39, 0.29) is 39.6 Å². The fourth-order valence-corrected chi connectivity index (χ4v) is 6.89. The van der Waals surface area contributed by atoms with Crippen molar-refractivity contribution >= 4 is 27.6 Å². The second kappa shape index (κ2) is 11.9. The van der Waals surface area contributed by atoms with E-state index in [0.29, 0.717) is 37.6 Å². The first kappa shape index (κ1) is 29.7. The standard InChI is InChI=1S/C30H37N5O6S/c1-5-33-13-15-34(16-14-33)42(39,40)26-18-23(31-28(36)22-7-6-8-22)10-12-25(26)41-29-21(4)27(30(37)38)32-35(29)24-11-9-19(2)17-20(24)3/h9-12,17-18,22H,5-8,13-16H2,1-4H3,(H,31,36)(H,37,38). The molecule has 224 valence electrons. The van der Waals surface area contributed by atoms with Crippen LogP contribution in [0.1, 0.15) is 53.4 Å². The third-order valence-corrected chi connectivity index (χ3v) is 10.1. The SMILES string of the molecule is CCN1CCN(S(=O)(=O)c2cc(NC(=O)C3CCC3)ccc2Oc2c(C)c(C(=O)O)nn2-c2ccc(C)cc2C)CC1. The highest BCUT2D eigenvalue weighted by molar-refractivity contribution is 7.89. The molecule has 1 aliphatic heterocycles. The third kappa shape index (κ3) is 5.79. The van der Waals surface area contributed by atoms with Gasteiger partial charge in [0.1, 0.15) is 10.6 Å². The highest BCUT2D eigenvalue weighted by Crippen LogP contribution is 2.38. The molecule has 2 heterocycles. The monoisotopic (exact) mass is 595 g/mol. The lowest BCUT2D eigenvalue weighted by Gasteiger charge is -2.33. The number of anilines is 1. The maximum Gasteiger partial charge on any atom is 0.356 e. The number of rotatable bonds is 9. The van der Waals surface area contributed by atoms with E-state index in [9.17, 15) is 23.1 Å². The maximum absolute atomic E-state index is 14.1. The number of nitrogens with zero attached hydrogens (tertiary/aromatic N) is 4. The predicted molar refractivity (Wildman–Crippen MR) is 158 cm³/mol. The molecule has 0 atom stereocenters. The minimum absolute atomic E-state index is 0.0144. The van der Waals surface area contributed by atoms with Gasteiger partial charge in [0.2, 0.25) is 21.8 Å². The van der Waals surface area contributed by atoms with Crippen LogP contribution in [-0.4, -0.2) is 77.1 Å². The van der Waals surface area contributed by atoms with Crippen LogP contribution >= 0.6 is 0 Å². The summed E-state index contributed by atoms with van der Waals surface area (Å²) in [5.41, 5.74) is 2.89. The second-order valence-electron chi connectivity index (χ2n) is 11.0. The van der Waals surface area contributed by atoms with Gasteiger partial charge in [0.05, 0.1) is 5.69 Å². The van der Waals surface area contributed by atoms with Crippen LogP contribution in [0.5, 0.6) is 11.6 Å². The number of aromatic carboxylic acids is 1. The molecule has 12 heteroatoms. The Hall–Kier alpha value is -3.74. The lowest BCUT2D eigenvalue weighted by molar-refractivity contribution is -0.122. The van der Waals surface area contributed by atoms with Crippen molar-refractivity contribution in [2.24, 2.45) is 5.92 Å². The zero-order chi connectivity index (χ0) is 30.2. The molecule has 2 aromatic carbocycles. The Morgan fingerprint density at radius 1 is 1.05 bits per heavy atom. The molecule has 0 bridgehead atoms. The Balaban J connectivity index is 1.59. The van der Waals surface area contributed by atoms with Gasteiger partial charge >= 0.3 is 5.97 Å². The minimum atomic E-state index is -4.04. The van der Waals surface area contributed by atoms with E-state index in [4.69, 9.17) is 4.74 Å². The quantitative estimate of drug-likeness (QED) is 0.373. The smallest absolute Gasteiger partial charge is 0.356 e. The number of sulfonamides is 1.